The Morgan fingerprint density at radius 1 is 1.17 bits per heavy atom. The van der Waals surface area contributed by atoms with Crippen LogP contribution < -0.4 is 11.1 Å². The lowest BCUT2D eigenvalue weighted by Crippen LogP contribution is -2.34. The van der Waals surface area contributed by atoms with Crippen LogP contribution in [0.3, 0.4) is 0 Å². The summed E-state index contributed by atoms with van der Waals surface area (Å²) in [7, 11) is 2.26. The highest BCUT2D eigenvalue weighted by Gasteiger charge is 2.17. The van der Waals surface area contributed by atoms with Crippen molar-refractivity contribution < 1.29 is 0 Å². The summed E-state index contributed by atoms with van der Waals surface area (Å²) in [4.78, 5) is 7.00. The first-order chi connectivity index (χ1) is 11.7. The van der Waals surface area contributed by atoms with Crippen LogP contribution in [0.25, 0.3) is 0 Å². The molecule has 0 heterocycles. The fourth-order valence-electron chi connectivity index (χ4n) is 4.06. The van der Waals surface area contributed by atoms with Crippen LogP contribution in [0.2, 0.25) is 0 Å². The molecule has 2 aliphatic rings. The first-order valence-corrected chi connectivity index (χ1v) is 9.61. The predicted octanol–water partition coefficient (Wildman–Crippen LogP) is 3.56. The molecule has 0 amide bonds. The van der Waals surface area contributed by atoms with E-state index in [4.69, 9.17) is 5.73 Å². The number of fused-ring (bicyclic) bond motifs is 1. The molecule has 0 bridgehead atoms. The van der Waals surface area contributed by atoms with Crippen molar-refractivity contribution in [3.8, 4) is 0 Å². The molecule has 4 nitrogen and oxygen atoms in total. The van der Waals surface area contributed by atoms with E-state index in [1.54, 1.807) is 0 Å². The molecule has 132 valence electrons. The molecular weight excluding hydrogens is 296 g/mol. The van der Waals surface area contributed by atoms with E-state index in [0.717, 1.165) is 31.2 Å². The predicted molar refractivity (Wildman–Crippen MR) is 103 cm³/mol. The van der Waals surface area contributed by atoms with Crippen LogP contribution in [0.4, 0.5) is 5.69 Å². The van der Waals surface area contributed by atoms with Crippen molar-refractivity contribution in [2.24, 2.45) is 10.7 Å². The molecular formula is C20H32N4. The minimum Gasteiger partial charge on any atom is -0.370 e. The second-order valence-corrected chi connectivity index (χ2v) is 7.35. The zero-order valence-corrected chi connectivity index (χ0v) is 15.1. The second-order valence-electron chi connectivity index (χ2n) is 7.35. The zero-order valence-electron chi connectivity index (χ0n) is 15.1. The van der Waals surface area contributed by atoms with Gasteiger partial charge in [-0.2, -0.15) is 0 Å². The number of nitrogens with one attached hydrogen (secondary N) is 1. The van der Waals surface area contributed by atoms with Crippen molar-refractivity contribution in [1.29, 1.82) is 0 Å². The van der Waals surface area contributed by atoms with Crippen molar-refractivity contribution in [2.45, 2.75) is 63.8 Å². The van der Waals surface area contributed by atoms with Gasteiger partial charge in [0.05, 0.1) is 0 Å². The maximum Gasteiger partial charge on any atom is 0.193 e. The molecule has 2 aliphatic carbocycles. The Balaban J connectivity index is 1.39. The number of hydrogen-bond acceptors (Lipinski definition) is 2. The van der Waals surface area contributed by atoms with E-state index in [0.29, 0.717) is 5.96 Å². The lowest BCUT2D eigenvalue weighted by atomic mass is 9.94. The van der Waals surface area contributed by atoms with Gasteiger partial charge in [-0.05, 0) is 75.4 Å². The standard InChI is InChI=1S/C20H32N4/c1-24(19-9-3-2-4-10-19)14-6-13-22-20(21)23-18-12-11-16-7-5-8-17(16)15-18/h11-12,15,19H,2-10,13-14H2,1H3,(H3,21,22,23). The molecule has 3 rings (SSSR count). The van der Waals surface area contributed by atoms with E-state index in [1.807, 2.05) is 0 Å². The Morgan fingerprint density at radius 3 is 2.79 bits per heavy atom. The highest BCUT2D eigenvalue weighted by Crippen LogP contribution is 2.24. The van der Waals surface area contributed by atoms with Gasteiger partial charge in [-0.15, -0.1) is 0 Å². The number of benzene rings is 1. The Hall–Kier alpha value is -1.55. The van der Waals surface area contributed by atoms with Crippen LogP contribution in [-0.4, -0.2) is 37.0 Å². The molecule has 1 saturated carbocycles. The first-order valence-electron chi connectivity index (χ1n) is 9.61. The molecule has 0 aromatic heterocycles. The maximum atomic E-state index is 6.04. The van der Waals surface area contributed by atoms with Crippen LogP contribution in [0.1, 0.15) is 56.1 Å². The number of nitrogens with two attached hydrogens (primary N) is 1. The summed E-state index contributed by atoms with van der Waals surface area (Å²) in [5, 5.41) is 3.24. The van der Waals surface area contributed by atoms with E-state index in [9.17, 15) is 0 Å². The summed E-state index contributed by atoms with van der Waals surface area (Å²) < 4.78 is 0. The number of nitrogens with zero attached hydrogens (tertiary/aromatic N) is 2. The van der Waals surface area contributed by atoms with Crippen LogP contribution in [0.15, 0.2) is 23.2 Å². The lowest BCUT2D eigenvalue weighted by molar-refractivity contribution is 0.191. The first kappa shape index (κ1) is 17.3. The Kier molecular flexibility index (Phi) is 6.13. The van der Waals surface area contributed by atoms with Crippen molar-refractivity contribution >= 4 is 11.6 Å². The summed E-state index contributed by atoms with van der Waals surface area (Å²) >= 11 is 0. The van der Waals surface area contributed by atoms with Gasteiger partial charge in [-0.1, -0.05) is 25.3 Å². The fraction of sp³-hybridized carbons (Fsp3) is 0.650. The monoisotopic (exact) mass is 328 g/mol. The summed E-state index contributed by atoms with van der Waals surface area (Å²) in [6.07, 6.45) is 11.7. The molecule has 0 atom stereocenters. The average Bonchev–Trinajstić information content (AvgIpc) is 3.07. The maximum absolute atomic E-state index is 6.04. The summed E-state index contributed by atoms with van der Waals surface area (Å²) in [6.45, 7) is 1.90. The third-order valence-corrected chi connectivity index (χ3v) is 5.52. The topological polar surface area (TPSA) is 53.6 Å². The molecule has 24 heavy (non-hydrogen) atoms. The summed E-state index contributed by atoms with van der Waals surface area (Å²) in [5.74, 6) is 0.535. The summed E-state index contributed by atoms with van der Waals surface area (Å²) in [6, 6.07) is 7.34. The molecule has 1 aromatic carbocycles. The number of rotatable bonds is 6. The van der Waals surface area contributed by atoms with Gasteiger partial charge in [0.15, 0.2) is 5.96 Å². The third-order valence-electron chi connectivity index (χ3n) is 5.52. The minimum atomic E-state index is 0.535. The largest absolute Gasteiger partial charge is 0.370 e. The minimum absolute atomic E-state index is 0.535. The van der Waals surface area contributed by atoms with Gasteiger partial charge in [0.25, 0.3) is 0 Å². The average molecular weight is 329 g/mol. The molecule has 0 saturated heterocycles. The number of hydrogen-bond donors (Lipinski definition) is 2. The highest BCUT2D eigenvalue weighted by atomic mass is 15.1. The fourth-order valence-corrected chi connectivity index (χ4v) is 4.06. The quantitative estimate of drug-likeness (QED) is 0.477. The smallest absolute Gasteiger partial charge is 0.193 e. The molecule has 0 unspecified atom stereocenters. The van der Waals surface area contributed by atoms with E-state index >= 15 is 0 Å². The van der Waals surface area contributed by atoms with Gasteiger partial charge < -0.3 is 16.0 Å². The normalized spacial score (nSPS) is 18.8. The van der Waals surface area contributed by atoms with Crippen molar-refractivity contribution in [2.75, 3.05) is 25.5 Å². The van der Waals surface area contributed by atoms with Crippen molar-refractivity contribution in [1.82, 2.24) is 4.90 Å². The Bertz CT molecular complexity index is 561. The number of guanidine groups is 1. The second kappa shape index (κ2) is 8.52. The van der Waals surface area contributed by atoms with Gasteiger partial charge >= 0.3 is 0 Å². The summed E-state index contributed by atoms with van der Waals surface area (Å²) in [5.41, 5.74) is 10.0. The lowest BCUT2D eigenvalue weighted by Gasteiger charge is -2.30. The van der Waals surface area contributed by atoms with E-state index in [1.165, 1.54) is 62.5 Å². The van der Waals surface area contributed by atoms with Gasteiger partial charge in [0.2, 0.25) is 0 Å². The third kappa shape index (κ3) is 4.73. The van der Waals surface area contributed by atoms with Gasteiger partial charge in [0.1, 0.15) is 0 Å². The molecule has 1 aromatic rings. The molecule has 1 fully saturated rings. The molecule has 4 heteroatoms. The van der Waals surface area contributed by atoms with E-state index in [2.05, 4.69) is 40.5 Å². The Morgan fingerprint density at radius 2 is 1.96 bits per heavy atom. The van der Waals surface area contributed by atoms with Gasteiger partial charge in [-0.3, -0.25) is 4.99 Å². The number of aryl methyl sites for hydroxylation is 2. The number of anilines is 1. The van der Waals surface area contributed by atoms with Gasteiger partial charge in [-0.25, -0.2) is 0 Å². The molecule has 0 radical (unpaired) electrons. The molecule has 0 spiro atoms. The molecule has 3 N–H and O–H groups in total. The van der Waals surface area contributed by atoms with Crippen LogP contribution in [0, 0.1) is 0 Å². The van der Waals surface area contributed by atoms with Gasteiger partial charge in [0, 0.05) is 18.3 Å². The molecule has 0 aliphatic heterocycles. The zero-order chi connectivity index (χ0) is 16.8. The number of aliphatic imine (C=N–C) groups is 1. The van der Waals surface area contributed by atoms with Crippen molar-refractivity contribution in [3.63, 3.8) is 0 Å². The SMILES string of the molecule is CN(CCCN=C(N)Nc1ccc2c(c1)CCC2)C1CCCCC1. The van der Waals surface area contributed by atoms with Crippen LogP contribution >= 0.6 is 0 Å². The highest BCUT2D eigenvalue weighted by molar-refractivity contribution is 5.92. The Labute approximate surface area is 146 Å². The van der Waals surface area contributed by atoms with E-state index < -0.39 is 0 Å². The van der Waals surface area contributed by atoms with Crippen LogP contribution in [-0.2, 0) is 12.8 Å². The van der Waals surface area contributed by atoms with Crippen LogP contribution in [0.5, 0.6) is 0 Å². The van der Waals surface area contributed by atoms with Crippen molar-refractivity contribution in [3.05, 3.63) is 29.3 Å². The van der Waals surface area contributed by atoms with E-state index in [-0.39, 0.29) is 0 Å².